The molecule has 0 fully saturated rings. The van der Waals surface area contributed by atoms with E-state index in [2.05, 4.69) is 45.8 Å². The van der Waals surface area contributed by atoms with E-state index in [-0.39, 0.29) is 0 Å². The van der Waals surface area contributed by atoms with Crippen LogP contribution in [0.4, 0.5) is 0 Å². The van der Waals surface area contributed by atoms with Gasteiger partial charge in [0.25, 0.3) is 0 Å². The minimum atomic E-state index is 0.644. The van der Waals surface area contributed by atoms with Gasteiger partial charge in [-0.05, 0) is 49.2 Å². The topological polar surface area (TPSA) is 43.6 Å². The van der Waals surface area contributed by atoms with Crippen molar-refractivity contribution in [1.29, 1.82) is 0 Å². The third-order valence-electron chi connectivity index (χ3n) is 5.12. The van der Waals surface area contributed by atoms with Crippen LogP contribution in [-0.4, -0.2) is 19.5 Å². The van der Waals surface area contributed by atoms with Gasteiger partial charge < -0.3 is 4.57 Å². The minimum Gasteiger partial charge on any atom is -0.348 e. The number of benzene rings is 2. The Labute approximate surface area is 161 Å². The average Bonchev–Trinajstić information content (AvgIpc) is 3.03. The fraction of sp³-hybridized carbons (Fsp3) is 0.136. The summed E-state index contributed by atoms with van der Waals surface area (Å²) in [5, 5.41) is 3.07. The van der Waals surface area contributed by atoms with Crippen molar-refractivity contribution in [2.45, 2.75) is 12.8 Å². The zero-order chi connectivity index (χ0) is 18.4. The van der Waals surface area contributed by atoms with Crippen LogP contribution in [0.3, 0.4) is 0 Å². The van der Waals surface area contributed by atoms with E-state index in [0.29, 0.717) is 5.02 Å². The van der Waals surface area contributed by atoms with Crippen LogP contribution in [-0.2, 0) is 19.9 Å². The van der Waals surface area contributed by atoms with E-state index < -0.39 is 0 Å². The van der Waals surface area contributed by atoms with Crippen LogP contribution in [0.25, 0.3) is 32.8 Å². The monoisotopic (exact) mass is 372 g/mol. The summed E-state index contributed by atoms with van der Waals surface area (Å²) in [7, 11) is 2.11. The molecule has 0 unspecified atom stereocenters. The normalized spacial score (nSPS) is 11.6. The highest BCUT2D eigenvalue weighted by Crippen LogP contribution is 2.27. The quantitative estimate of drug-likeness (QED) is 0.442. The molecule has 0 saturated heterocycles. The largest absolute Gasteiger partial charge is 0.348 e. The van der Waals surface area contributed by atoms with E-state index in [9.17, 15) is 0 Å². The van der Waals surface area contributed by atoms with E-state index in [4.69, 9.17) is 16.6 Å². The maximum absolute atomic E-state index is 6.27. The summed E-state index contributed by atoms with van der Waals surface area (Å²) in [5.74, 6) is 0. The number of para-hydroxylation sites is 1. The van der Waals surface area contributed by atoms with Gasteiger partial charge in [-0.3, -0.25) is 9.97 Å². The first-order valence-electron chi connectivity index (χ1n) is 8.93. The highest BCUT2D eigenvalue weighted by molar-refractivity contribution is 6.34. The lowest BCUT2D eigenvalue weighted by molar-refractivity contribution is 0.807. The van der Waals surface area contributed by atoms with Crippen molar-refractivity contribution < 1.29 is 0 Å². The molecule has 5 aromatic rings. The number of hydrogen-bond donors (Lipinski definition) is 0. The summed E-state index contributed by atoms with van der Waals surface area (Å²) >= 11 is 6.27. The lowest BCUT2D eigenvalue weighted by atomic mass is 10.1. The summed E-state index contributed by atoms with van der Waals surface area (Å²) < 4.78 is 2.25. The molecule has 0 spiro atoms. The van der Waals surface area contributed by atoms with Gasteiger partial charge in [-0.1, -0.05) is 23.7 Å². The molecule has 0 bridgehead atoms. The Kier molecular flexibility index (Phi) is 3.80. The van der Waals surface area contributed by atoms with Gasteiger partial charge in [0.05, 0.1) is 21.7 Å². The molecule has 0 N–H and O–H groups in total. The zero-order valence-electron chi connectivity index (χ0n) is 14.9. The summed E-state index contributed by atoms with van der Waals surface area (Å²) in [5.41, 5.74) is 6.06. The SMILES string of the molecule is Cn1c(CCc2cnc3cccc(Cl)c3n2)cc2c3cccnc3ccc21. The number of aromatic nitrogens is 4. The molecule has 0 aliphatic carbocycles. The van der Waals surface area contributed by atoms with Gasteiger partial charge >= 0.3 is 0 Å². The van der Waals surface area contributed by atoms with Gasteiger partial charge in [0.1, 0.15) is 5.52 Å². The van der Waals surface area contributed by atoms with Crippen molar-refractivity contribution in [3.8, 4) is 0 Å². The van der Waals surface area contributed by atoms with E-state index >= 15 is 0 Å². The van der Waals surface area contributed by atoms with Gasteiger partial charge in [0, 0.05) is 41.4 Å². The number of aryl methyl sites for hydroxylation is 3. The molecule has 4 nitrogen and oxygen atoms in total. The summed E-state index contributed by atoms with van der Waals surface area (Å²) in [6.07, 6.45) is 5.38. The van der Waals surface area contributed by atoms with Gasteiger partial charge in [-0.2, -0.15) is 0 Å². The maximum atomic E-state index is 6.27. The molecule has 0 radical (unpaired) electrons. The van der Waals surface area contributed by atoms with Gasteiger partial charge in [-0.25, -0.2) is 4.98 Å². The lowest BCUT2D eigenvalue weighted by Gasteiger charge is -2.06. The molecule has 0 aliphatic rings. The van der Waals surface area contributed by atoms with Crippen molar-refractivity contribution in [2.24, 2.45) is 7.05 Å². The van der Waals surface area contributed by atoms with Crippen molar-refractivity contribution in [3.05, 3.63) is 77.3 Å². The smallest absolute Gasteiger partial charge is 0.108 e. The van der Waals surface area contributed by atoms with Crippen molar-refractivity contribution >= 4 is 44.4 Å². The zero-order valence-corrected chi connectivity index (χ0v) is 15.6. The first-order chi connectivity index (χ1) is 13.2. The van der Waals surface area contributed by atoms with E-state index in [0.717, 1.165) is 35.1 Å². The Bertz CT molecular complexity index is 1310. The molecule has 132 valence electrons. The fourth-order valence-corrected chi connectivity index (χ4v) is 3.89. The number of nitrogens with zero attached hydrogens (tertiary/aromatic N) is 4. The molecule has 0 amide bonds. The first kappa shape index (κ1) is 16.2. The third-order valence-corrected chi connectivity index (χ3v) is 5.42. The van der Waals surface area contributed by atoms with Crippen LogP contribution in [0.1, 0.15) is 11.4 Å². The first-order valence-corrected chi connectivity index (χ1v) is 9.31. The molecule has 3 aromatic heterocycles. The predicted molar refractivity (Wildman–Crippen MR) is 110 cm³/mol. The Morgan fingerprint density at radius 2 is 1.85 bits per heavy atom. The number of halogens is 1. The number of fused-ring (bicyclic) bond motifs is 4. The molecule has 0 saturated carbocycles. The predicted octanol–water partition coefficient (Wildman–Crippen LogP) is 5.11. The second kappa shape index (κ2) is 6.32. The standard InChI is InChI=1S/C22H17ClN4/c1-27-15(12-17-16-4-3-11-24-19(16)9-10-21(17)27)8-7-14-13-25-20-6-2-5-18(23)22(20)26-14/h2-6,9-13H,7-8H2,1H3. The van der Waals surface area contributed by atoms with Gasteiger partial charge in [0.2, 0.25) is 0 Å². The van der Waals surface area contributed by atoms with E-state index in [1.165, 1.54) is 22.0 Å². The van der Waals surface area contributed by atoms with E-state index in [1.54, 1.807) is 0 Å². The van der Waals surface area contributed by atoms with Crippen molar-refractivity contribution in [3.63, 3.8) is 0 Å². The maximum Gasteiger partial charge on any atom is 0.108 e. The molecule has 5 rings (SSSR count). The molecular weight excluding hydrogens is 356 g/mol. The Hall–Kier alpha value is -2.98. The fourth-order valence-electron chi connectivity index (χ4n) is 3.68. The van der Waals surface area contributed by atoms with Crippen LogP contribution in [0.2, 0.25) is 5.02 Å². The van der Waals surface area contributed by atoms with Crippen LogP contribution in [0, 0.1) is 0 Å². The highest BCUT2D eigenvalue weighted by Gasteiger charge is 2.10. The Balaban J connectivity index is 1.51. The van der Waals surface area contributed by atoms with Gasteiger partial charge in [0.15, 0.2) is 0 Å². The summed E-state index contributed by atoms with van der Waals surface area (Å²) in [6.45, 7) is 0. The molecule has 0 aliphatic heterocycles. The molecule has 0 atom stereocenters. The number of pyridine rings is 1. The lowest BCUT2D eigenvalue weighted by Crippen LogP contribution is -2.01. The molecule has 5 heteroatoms. The van der Waals surface area contributed by atoms with Crippen molar-refractivity contribution in [2.75, 3.05) is 0 Å². The minimum absolute atomic E-state index is 0.644. The van der Waals surface area contributed by atoms with Crippen LogP contribution >= 0.6 is 11.6 Å². The molecule has 2 aromatic carbocycles. The number of hydrogen-bond acceptors (Lipinski definition) is 3. The second-order valence-corrected chi connectivity index (χ2v) is 7.14. The second-order valence-electron chi connectivity index (χ2n) is 6.73. The summed E-state index contributed by atoms with van der Waals surface area (Å²) in [6, 6.07) is 16.3. The third kappa shape index (κ3) is 2.73. The molecular formula is C22H17ClN4. The Morgan fingerprint density at radius 1 is 0.926 bits per heavy atom. The van der Waals surface area contributed by atoms with Crippen LogP contribution < -0.4 is 0 Å². The highest BCUT2D eigenvalue weighted by atomic mass is 35.5. The van der Waals surface area contributed by atoms with Crippen LogP contribution in [0.5, 0.6) is 0 Å². The molecule has 27 heavy (non-hydrogen) atoms. The summed E-state index contributed by atoms with van der Waals surface area (Å²) in [4.78, 5) is 13.7. The molecule has 3 heterocycles. The van der Waals surface area contributed by atoms with Crippen molar-refractivity contribution in [1.82, 2.24) is 19.5 Å². The van der Waals surface area contributed by atoms with Gasteiger partial charge in [-0.15, -0.1) is 0 Å². The Morgan fingerprint density at radius 3 is 2.78 bits per heavy atom. The number of rotatable bonds is 3. The average molecular weight is 373 g/mol. The van der Waals surface area contributed by atoms with E-state index in [1.807, 2.05) is 36.7 Å². The van der Waals surface area contributed by atoms with Crippen LogP contribution in [0.15, 0.2) is 60.9 Å².